The molecule has 3 rings (SSSR count). The largest absolute Gasteiger partial charge is 0.493 e. The molecule has 0 amide bonds. The maximum Gasteiger partial charge on any atom is 0.232 e. The van der Waals surface area contributed by atoms with Gasteiger partial charge in [-0.2, -0.15) is 4.98 Å². The SMILES string of the molecule is CCN(c1cccc(C)c1)c1nc(C)cc(Nc2ccc(OC)c(OC)c2)n1. The van der Waals surface area contributed by atoms with Crippen LogP contribution in [-0.4, -0.2) is 30.7 Å². The van der Waals surface area contributed by atoms with E-state index >= 15 is 0 Å². The van der Waals surface area contributed by atoms with Crippen LogP contribution in [0.5, 0.6) is 11.5 Å². The number of aryl methyl sites for hydroxylation is 2. The van der Waals surface area contributed by atoms with Crippen LogP contribution in [0.3, 0.4) is 0 Å². The summed E-state index contributed by atoms with van der Waals surface area (Å²) in [6.45, 7) is 6.91. The van der Waals surface area contributed by atoms with E-state index in [1.165, 1.54) is 5.56 Å². The highest BCUT2D eigenvalue weighted by Gasteiger charge is 2.13. The molecular weight excluding hydrogens is 352 g/mol. The molecule has 0 saturated heterocycles. The van der Waals surface area contributed by atoms with Gasteiger partial charge in [0.2, 0.25) is 5.95 Å². The van der Waals surface area contributed by atoms with Gasteiger partial charge in [0.15, 0.2) is 11.5 Å². The lowest BCUT2D eigenvalue weighted by Crippen LogP contribution is -2.19. The zero-order valence-corrected chi connectivity index (χ0v) is 17.0. The summed E-state index contributed by atoms with van der Waals surface area (Å²) in [5.41, 5.74) is 4.02. The van der Waals surface area contributed by atoms with Crippen LogP contribution in [0.25, 0.3) is 0 Å². The molecule has 28 heavy (non-hydrogen) atoms. The molecule has 1 aromatic heterocycles. The number of hydrogen-bond acceptors (Lipinski definition) is 6. The van der Waals surface area contributed by atoms with Gasteiger partial charge >= 0.3 is 0 Å². The number of rotatable bonds is 7. The summed E-state index contributed by atoms with van der Waals surface area (Å²) in [5, 5.41) is 3.34. The third kappa shape index (κ3) is 4.34. The molecular formula is C22H26N4O2. The van der Waals surface area contributed by atoms with Crippen molar-refractivity contribution in [2.75, 3.05) is 31.0 Å². The Morgan fingerprint density at radius 1 is 0.929 bits per heavy atom. The number of hydrogen-bond donors (Lipinski definition) is 1. The van der Waals surface area contributed by atoms with Crippen molar-refractivity contribution in [2.45, 2.75) is 20.8 Å². The Balaban J connectivity index is 1.93. The predicted molar refractivity (Wildman–Crippen MR) is 113 cm³/mol. The Labute approximate surface area is 166 Å². The number of nitrogens with one attached hydrogen (secondary N) is 1. The molecule has 146 valence electrons. The maximum absolute atomic E-state index is 5.38. The van der Waals surface area contributed by atoms with E-state index in [1.807, 2.05) is 37.3 Å². The van der Waals surface area contributed by atoms with Gasteiger partial charge < -0.3 is 19.7 Å². The smallest absolute Gasteiger partial charge is 0.232 e. The molecule has 0 aliphatic rings. The van der Waals surface area contributed by atoms with Crippen LogP contribution in [0.2, 0.25) is 0 Å². The van der Waals surface area contributed by atoms with Crippen molar-refractivity contribution < 1.29 is 9.47 Å². The molecule has 0 spiro atoms. The minimum Gasteiger partial charge on any atom is -0.493 e. The first kappa shape index (κ1) is 19.5. The van der Waals surface area contributed by atoms with Crippen molar-refractivity contribution in [3.05, 3.63) is 59.8 Å². The lowest BCUT2D eigenvalue weighted by Gasteiger charge is -2.22. The van der Waals surface area contributed by atoms with Crippen molar-refractivity contribution >= 4 is 23.1 Å². The van der Waals surface area contributed by atoms with Crippen LogP contribution in [0.15, 0.2) is 48.5 Å². The zero-order chi connectivity index (χ0) is 20.1. The van der Waals surface area contributed by atoms with Gasteiger partial charge in [0.05, 0.1) is 14.2 Å². The van der Waals surface area contributed by atoms with Crippen LogP contribution >= 0.6 is 0 Å². The number of methoxy groups -OCH3 is 2. The van der Waals surface area contributed by atoms with Gasteiger partial charge in [0.25, 0.3) is 0 Å². The topological polar surface area (TPSA) is 59.5 Å². The fourth-order valence-electron chi connectivity index (χ4n) is 3.03. The van der Waals surface area contributed by atoms with Crippen LogP contribution in [0.4, 0.5) is 23.1 Å². The third-order valence-corrected chi connectivity index (χ3v) is 4.37. The fraction of sp³-hybridized carbons (Fsp3) is 0.273. The van der Waals surface area contributed by atoms with Crippen molar-refractivity contribution in [1.82, 2.24) is 9.97 Å². The highest BCUT2D eigenvalue weighted by Crippen LogP contribution is 2.31. The summed E-state index contributed by atoms with van der Waals surface area (Å²) < 4.78 is 10.7. The highest BCUT2D eigenvalue weighted by molar-refractivity contribution is 5.64. The van der Waals surface area contributed by atoms with Gasteiger partial charge in [-0.15, -0.1) is 0 Å². The molecule has 1 N–H and O–H groups in total. The summed E-state index contributed by atoms with van der Waals surface area (Å²) in [6.07, 6.45) is 0. The standard InChI is InChI=1S/C22H26N4O2/c1-6-26(18-9-7-8-15(2)12-18)22-23-16(3)13-21(25-22)24-17-10-11-19(27-4)20(14-17)28-5/h7-14H,6H2,1-5H3,(H,23,24,25). The highest BCUT2D eigenvalue weighted by atomic mass is 16.5. The summed E-state index contributed by atoms with van der Waals surface area (Å²) >= 11 is 0. The van der Waals surface area contributed by atoms with Gasteiger partial charge in [0, 0.05) is 35.7 Å². The van der Waals surface area contributed by atoms with E-state index in [0.29, 0.717) is 17.4 Å². The molecule has 0 bridgehead atoms. The number of anilines is 4. The first-order chi connectivity index (χ1) is 13.5. The lowest BCUT2D eigenvalue weighted by atomic mass is 10.2. The molecule has 2 aromatic carbocycles. The van der Waals surface area contributed by atoms with Crippen LogP contribution in [0.1, 0.15) is 18.2 Å². The Kier molecular flexibility index (Phi) is 5.99. The quantitative estimate of drug-likeness (QED) is 0.623. The molecule has 0 unspecified atom stereocenters. The Morgan fingerprint density at radius 2 is 1.71 bits per heavy atom. The lowest BCUT2D eigenvalue weighted by molar-refractivity contribution is 0.355. The van der Waals surface area contributed by atoms with E-state index < -0.39 is 0 Å². The Morgan fingerprint density at radius 3 is 2.39 bits per heavy atom. The van der Waals surface area contributed by atoms with Crippen molar-refractivity contribution in [3.8, 4) is 11.5 Å². The third-order valence-electron chi connectivity index (χ3n) is 4.37. The van der Waals surface area contributed by atoms with Gasteiger partial charge in [0.1, 0.15) is 5.82 Å². The van der Waals surface area contributed by atoms with E-state index in [1.54, 1.807) is 14.2 Å². The Bertz CT molecular complexity index is 959. The Hall–Kier alpha value is -3.28. The average Bonchev–Trinajstić information content (AvgIpc) is 2.68. The summed E-state index contributed by atoms with van der Waals surface area (Å²) in [4.78, 5) is 11.5. The minimum atomic E-state index is 0.661. The molecule has 0 radical (unpaired) electrons. The zero-order valence-electron chi connectivity index (χ0n) is 17.0. The molecule has 6 nitrogen and oxygen atoms in total. The molecule has 0 aliphatic carbocycles. The van der Waals surface area contributed by atoms with E-state index in [4.69, 9.17) is 14.5 Å². The summed E-state index contributed by atoms with van der Waals surface area (Å²) in [5.74, 6) is 2.73. The minimum absolute atomic E-state index is 0.661. The molecule has 3 aromatic rings. The summed E-state index contributed by atoms with van der Waals surface area (Å²) in [7, 11) is 3.24. The predicted octanol–water partition coefficient (Wildman–Crippen LogP) is 5.01. The fourth-order valence-corrected chi connectivity index (χ4v) is 3.03. The first-order valence-electron chi connectivity index (χ1n) is 9.23. The van der Waals surface area contributed by atoms with Crippen molar-refractivity contribution in [2.24, 2.45) is 0 Å². The van der Waals surface area contributed by atoms with Crippen LogP contribution in [-0.2, 0) is 0 Å². The number of ether oxygens (including phenoxy) is 2. The van der Waals surface area contributed by atoms with Crippen LogP contribution in [0, 0.1) is 13.8 Å². The second kappa shape index (κ2) is 8.61. The van der Waals surface area contributed by atoms with E-state index in [-0.39, 0.29) is 0 Å². The van der Waals surface area contributed by atoms with Crippen molar-refractivity contribution in [3.63, 3.8) is 0 Å². The van der Waals surface area contributed by atoms with Gasteiger partial charge in [-0.3, -0.25) is 0 Å². The second-order valence-electron chi connectivity index (χ2n) is 6.47. The maximum atomic E-state index is 5.38. The van der Waals surface area contributed by atoms with Gasteiger partial charge in [-0.05, 0) is 50.6 Å². The summed E-state index contributed by atoms with van der Waals surface area (Å²) in [6, 6.07) is 15.9. The van der Waals surface area contributed by atoms with E-state index in [0.717, 1.165) is 29.4 Å². The number of benzene rings is 2. The number of aromatic nitrogens is 2. The van der Waals surface area contributed by atoms with Gasteiger partial charge in [-0.1, -0.05) is 12.1 Å². The molecule has 0 saturated carbocycles. The molecule has 0 aliphatic heterocycles. The molecule has 0 fully saturated rings. The van der Waals surface area contributed by atoms with E-state index in [2.05, 4.69) is 47.2 Å². The second-order valence-corrected chi connectivity index (χ2v) is 6.47. The molecule has 6 heteroatoms. The van der Waals surface area contributed by atoms with E-state index in [9.17, 15) is 0 Å². The normalized spacial score (nSPS) is 10.5. The van der Waals surface area contributed by atoms with Crippen LogP contribution < -0.4 is 19.7 Å². The first-order valence-corrected chi connectivity index (χ1v) is 9.23. The average molecular weight is 378 g/mol. The number of nitrogens with zero attached hydrogens (tertiary/aromatic N) is 3. The van der Waals surface area contributed by atoms with Crippen molar-refractivity contribution in [1.29, 1.82) is 0 Å². The monoisotopic (exact) mass is 378 g/mol. The molecule has 1 heterocycles. The molecule has 0 atom stereocenters. The van der Waals surface area contributed by atoms with Gasteiger partial charge in [-0.25, -0.2) is 4.98 Å².